The van der Waals surface area contributed by atoms with Gasteiger partial charge in [-0.15, -0.1) is 0 Å². The van der Waals surface area contributed by atoms with E-state index in [2.05, 4.69) is 23.2 Å². The molecule has 0 spiro atoms. The van der Waals surface area contributed by atoms with Crippen molar-refractivity contribution in [2.75, 3.05) is 6.61 Å². The highest BCUT2D eigenvalue weighted by Gasteiger charge is 2.34. The van der Waals surface area contributed by atoms with E-state index >= 15 is 0 Å². The summed E-state index contributed by atoms with van der Waals surface area (Å²) in [6.07, 6.45) is 1.28. The summed E-state index contributed by atoms with van der Waals surface area (Å²) in [6.45, 7) is 6.86. The molecule has 0 saturated heterocycles. The molecule has 0 bridgehead atoms. The van der Waals surface area contributed by atoms with Crippen LogP contribution in [0.3, 0.4) is 0 Å². The van der Waals surface area contributed by atoms with Crippen LogP contribution in [0.2, 0.25) is 0 Å². The predicted octanol–water partition coefficient (Wildman–Crippen LogP) is 2.42. The van der Waals surface area contributed by atoms with Gasteiger partial charge in [0.15, 0.2) is 0 Å². The molecule has 0 atom stereocenters. The average Bonchev–Trinajstić information content (AvgIpc) is 2.52. The number of carbonyl (C=O) groups excluding carboxylic acids is 2. The summed E-state index contributed by atoms with van der Waals surface area (Å²) < 4.78 is 4.70. The summed E-state index contributed by atoms with van der Waals surface area (Å²) in [6, 6.07) is 9.34. The maximum Gasteiger partial charge on any atom is 0.441 e. The molecule has 0 fully saturated rings. The number of benzene rings is 1. The number of rotatable bonds is 6. The van der Waals surface area contributed by atoms with Gasteiger partial charge in [0.25, 0.3) is 5.78 Å². The van der Waals surface area contributed by atoms with Gasteiger partial charge in [-0.3, -0.25) is 4.79 Å². The Hall–Kier alpha value is -2.96. The fourth-order valence-corrected chi connectivity index (χ4v) is 1.71. The molecule has 0 N–H and O–H groups in total. The summed E-state index contributed by atoms with van der Waals surface area (Å²) in [7, 11) is 0. The van der Waals surface area contributed by atoms with Gasteiger partial charge in [-0.1, -0.05) is 42.7 Å². The third-order valence-electron chi connectivity index (χ3n) is 2.81. The molecule has 0 aliphatic heterocycles. The summed E-state index contributed by atoms with van der Waals surface area (Å²) in [5.74, 6) is 4.36. The van der Waals surface area contributed by atoms with Crippen LogP contribution in [-0.4, -0.2) is 28.9 Å². The molecule has 118 valence electrons. The zero-order chi connectivity index (χ0) is 17.3. The Kier molecular flexibility index (Phi) is 6.67. The molecule has 0 amide bonds. The number of esters is 1. The monoisotopic (exact) mass is 310 g/mol. The summed E-state index contributed by atoms with van der Waals surface area (Å²) in [5, 5.41) is 0. The number of hydrogen-bond donors (Lipinski definition) is 0. The Morgan fingerprint density at radius 2 is 2.00 bits per heavy atom. The van der Waals surface area contributed by atoms with Crippen molar-refractivity contribution >= 4 is 17.5 Å². The minimum Gasteiger partial charge on any atom is -0.453 e. The molecule has 0 aromatic heterocycles. The van der Waals surface area contributed by atoms with Crippen molar-refractivity contribution in [1.29, 1.82) is 0 Å². The van der Waals surface area contributed by atoms with Gasteiger partial charge in [0.05, 0.1) is 0 Å². The summed E-state index contributed by atoms with van der Waals surface area (Å²) in [5.41, 5.74) is 8.37. The number of Topliss-reactive ketones (excluding diaryl/α,β-unsaturated/α-hetero) is 1. The van der Waals surface area contributed by atoms with E-state index in [1.54, 1.807) is 13.8 Å². The van der Waals surface area contributed by atoms with Crippen LogP contribution in [0.4, 0.5) is 0 Å². The second-order valence-corrected chi connectivity index (χ2v) is 5.44. The maximum atomic E-state index is 12.1. The highest BCUT2D eigenvalue weighted by Crippen LogP contribution is 2.20. The number of hydrogen-bond acceptors (Lipinski definition) is 3. The van der Waals surface area contributed by atoms with E-state index in [9.17, 15) is 9.59 Å². The van der Waals surface area contributed by atoms with Gasteiger partial charge in [-0.05, 0) is 26.0 Å². The first-order valence-corrected chi connectivity index (χ1v) is 7.01. The average molecular weight is 310 g/mol. The number of ether oxygens (including phenoxy) is 1. The smallest absolute Gasteiger partial charge is 0.441 e. The molecule has 5 nitrogen and oxygen atoms in total. The molecule has 1 aromatic rings. The van der Waals surface area contributed by atoms with Crippen LogP contribution in [0.1, 0.15) is 25.8 Å². The van der Waals surface area contributed by atoms with Crippen molar-refractivity contribution in [3.63, 3.8) is 0 Å². The van der Waals surface area contributed by atoms with Crippen LogP contribution in [0.25, 0.3) is 5.53 Å². The third-order valence-corrected chi connectivity index (χ3v) is 2.81. The van der Waals surface area contributed by atoms with Gasteiger partial charge in [0, 0.05) is 17.4 Å². The first-order chi connectivity index (χ1) is 10.9. The standard InChI is InChI=1S/C18H18N2O3/c1-4-12-23-17(22)16(20-19)15(21)13-18(2,3)11-10-14-8-6-5-7-9-14/h4-9H,1,12-13H2,2-3H3. The third kappa shape index (κ3) is 6.13. The first kappa shape index (κ1) is 18.1. The largest absolute Gasteiger partial charge is 0.453 e. The maximum absolute atomic E-state index is 12.1. The summed E-state index contributed by atoms with van der Waals surface area (Å²) in [4.78, 5) is 26.5. The van der Waals surface area contributed by atoms with Gasteiger partial charge in [-0.2, -0.15) is 4.79 Å². The van der Waals surface area contributed by atoms with Crippen molar-refractivity contribution in [2.24, 2.45) is 5.41 Å². The van der Waals surface area contributed by atoms with Crippen LogP contribution >= 0.6 is 0 Å². The van der Waals surface area contributed by atoms with Crippen LogP contribution in [0, 0.1) is 17.3 Å². The quantitative estimate of drug-likeness (QED) is 0.154. The van der Waals surface area contributed by atoms with Crippen molar-refractivity contribution in [3.05, 3.63) is 54.1 Å². The van der Waals surface area contributed by atoms with Crippen molar-refractivity contribution < 1.29 is 19.1 Å². The second-order valence-electron chi connectivity index (χ2n) is 5.44. The van der Waals surface area contributed by atoms with E-state index in [-0.39, 0.29) is 13.0 Å². The SMILES string of the molecule is C=CCOC(=O)C(=[N+]=[N-])C(=O)CC(C)(C)C#Cc1ccccc1. The van der Waals surface area contributed by atoms with Crippen LogP contribution in [0.15, 0.2) is 43.0 Å². The molecule has 0 saturated carbocycles. The molecule has 0 heterocycles. The topological polar surface area (TPSA) is 79.8 Å². The van der Waals surface area contributed by atoms with Gasteiger partial charge >= 0.3 is 11.7 Å². The number of ketones is 1. The molecule has 0 aliphatic rings. The van der Waals surface area contributed by atoms with Gasteiger partial charge in [0.1, 0.15) is 6.61 Å². The molecular formula is C18H18N2O3. The van der Waals surface area contributed by atoms with Gasteiger partial charge < -0.3 is 10.3 Å². The molecular weight excluding hydrogens is 292 g/mol. The molecule has 23 heavy (non-hydrogen) atoms. The van der Waals surface area contributed by atoms with Gasteiger partial charge in [-0.25, -0.2) is 4.79 Å². The summed E-state index contributed by atoms with van der Waals surface area (Å²) >= 11 is 0. The fraction of sp³-hybridized carbons (Fsp3) is 0.278. The van der Waals surface area contributed by atoms with Crippen molar-refractivity contribution in [1.82, 2.24) is 0 Å². The first-order valence-electron chi connectivity index (χ1n) is 7.01. The van der Waals surface area contributed by atoms with Crippen LogP contribution < -0.4 is 0 Å². The van der Waals surface area contributed by atoms with Crippen molar-refractivity contribution in [3.8, 4) is 11.8 Å². The lowest BCUT2D eigenvalue weighted by molar-refractivity contribution is -0.141. The Balaban J connectivity index is 2.81. The van der Waals surface area contributed by atoms with Crippen LogP contribution in [-0.2, 0) is 14.3 Å². The highest BCUT2D eigenvalue weighted by molar-refractivity contribution is 6.62. The lowest BCUT2D eigenvalue weighted by Gasteiger charge is -2.14. The Morgan fingerprint density at radius 1 is 1.35 bits per heavy atom. The molecule has 0 unspecified atom stereocenters. The zero-order valence-corrected chi connectivity index (χ0v) is 13.2. The van der Waals surface area contributed by atoms with E-state index in [0.29, 0.717) is 0 Å². The zero-order valence-electron chi connectivity index (χ0n) is 13.2. The van der Waals surface area contributed by atoms with Gasteiger partial charge in [0.2, 0.25) is 0 Å². The fourth-order valence-electron chi connectivity index (χ4n) is 1.71. The Morgan fingerprint density at radius 3 is 2.57 bits per heavy atom. The lowest BCUT2D eigenvalue weighted by atomic mass is 9.86. The lowest BCUT2D eigenvalue weighted by Crippen LogP contribution is -2.30. The minimum absolute atomic E-state index is 0.0671. The van der Waals surface area contributed by atoms with E-state index in [4.69, 9.17) is 10.3 Å². The number of nitrogens with zero attached hydrogens (tertiary/aromatic N) is 2. The molecule has 1 aromatic carbocycles. The number of carbonyl (C=O) groups is 2. The van der Waals surface area contributed by atoms with E-state index < -0.39 is 22.9 Å². The molecule has 0 aliphatic carbocycles. The van der Waals surface area contributed by atoms with E-state index in [0.717, 1.165) is 5.56 Å². The van der Waals surface area contributed by atoms with E-state index in [1.807, 2.05) is 30.3 Å². The Bertz CT molecular complexity index is 703. The molecule has 5 heteroatoms. The second kappa shape index (κ2) is 8.47. The van der Waals surface area contributed by atoms with E-state index in [1.165, 1.54) is 6.08 Å². The molecule has 1 rings (SSSR count). The van der Waals surface area contributed by atoms with Crippen LogP contribution in [0.5, 0.6) is 0 Å². The van der Waals surface area contributed by atoms with Crippen molar-refractivity contribution in [2.45, 2.75) is 20.3 Å². The minimum atomic E-state index is -0.982. The Labute approximate surface area is 135 Å². The molecule has 0 radical (unpaired) electrons. The highest BCUT2D eigenvalue weighted by atomic mass is 16.5. The normalized spacial score (nSPS) is 9.83. The predicted molar refractivity (Wildman–Crippen MR) is 86.5 cm³/mol.